The van der Waals surface area contributed by atoms with E-state index in [1.54, 1.807) is 32.0 Å². The first-order chi connectivity index (χ1) is 12.0. The average Bonchev–Trinajstić information content (AvgIpc) is 3.02. The van der Waals surface area contributed by atoms with Gasteiger partial charge >= 0.3 is 6.18 Å². The molecule has 3 rings (SSSR count). The van der Waals surface area contributed by atoms with Crippen LogP contribution < -0.4 is 4.90 Å². The molecule has 1 aromatic heterocycles. The highest BCUT2D eigenvalue weighted by molar-refractivity contribution is 7.10. The number of hydrogen-bond acceptors (Lipinski definition) is 3. The maximum absolute atomic E-state index is 13.6. The minimum absolute atomic E-state index is 0.195. The Balaban J connectivity index is 2.16. The predicted octanol–water partition coefficient (Wildman–Crippen LogP) is 5.25. The van der Waals surface area contributed by atoms with Gasteiger partial charge < -0.3 is 4.90 Å². The van der Waals surface area contributed by atoms with Crippen molar-refractivity contribution in [1.82, 2.24) is 0 Å². The molecular formula is C19H17F3N2OS. The topological polar surface area (TPSA) is 44.1 Å². The molecule has 0 radical (unpaired) electrons. The van der Waals surface area contributed by atoms with Crippen LogP contribution in [0.2, 0.25) is 0 Å². The van der Waals surface area contributed by atoms with Crippen molar-refractivity contribution in [2.24, 2.45) is 0 Å². The number of halogens is 3. The van der Waals surface area contributed by atoms with Crippen LogP contribution >= 0.6 is 11.3 Å². The van der Waals surface area contributed by atoms with E-state index in [2.05, 4.69) is 6.07 Å². The average molecular weight is 378 g/mol. The molecule has 1 aliphatic rings. The minimum atomic E-state index is -4.49. The second kappa shape index (κ2) is 6.13. The van der Waals surface area contributed by atoms with Crippen molar-refractivity contribution in [2.45, 2.75) is 44.8 Å². The molecule has 2 aromatic rings. The highest BCUT2D eigenvalue weighted by atomic mass is 32.1. The molecule has 1 atom stereocenters. The number of amides is 1. The van der Waals surface area contributed by atoms with Crippen LogP contribution in [0.15, 0.2) is 29.6 Å². The molecule has 1 amide bonds. The summed E-state index contributed by atoms with van der Waals surface area (Å²) in [7, 11) is 0. The van der Waals surface area contributed by atoms with E-state index in [-0.39, 0.29) is 6.42 Å². The van der Waals surface area contributed by atoms with Crippen LogP contribution in [0.5, 0.6) is 0 Å². The van der Waals surface area contributed by atoms with Crippen molar-refractivity contribution in [3.8, 4) is 17.2 Å². The number of thiophene rings is 1. The summed E-state index contributed by atoms with van der Waals surface area (Å²) in [5, 5.41) is 10.8. The normalized spacial score (nSPS) is 19.0. The minimum Gasteiger partial charge on any atom is -0.300 e. The van der Waals surface area contributed by atoms with Crippen LogP contribution in [-0.4, -0.2) is 18.1 Å². The number of alkyl halides is 3. The Bertz CT molecular complexity index is 908. The Kier molecular flexibility index (Phi) is 4.35. The van der Waals surface area contributed by atoms with Gasteiger partial charge in [0, 0.05) is 12.6 Å². The molecule has 0 spiro atoms. The van der Waals surface area contributed by atoms with Gasteiger partial charge in [-0.2, -0.15) is 18.4 Å². The van der Waals surface area contributed by atoms with Gasteiger partial charge in [0.15, 0.2) is 0 Å². The van der Waals surface area contributed by atoms with Gasteiger partial charge in [0.25, 0.3) is 0 Å². The Morgan fingerprint density at radius 3 is 2.54 bits per heavy atom. The third-order valence-corrected chi connectivity index (χ3v) is 5.60. The summed E-state index contributed by atoms with van der Waals surface area (Å²) in [4.78, 5) is 13.4. The monoisotopic (exact) mass is 378 g/mol. The molecule has 1 aliphatic heterocycles. The largest absolute Gasteiger partial charge is 0.409 e. The van der Waals surface area contributed by atoms with Crippen LogP contribution in [0.4, 0.5) is 18.9 Å². The number of nitrogens with zero attached hydrogens (tertiary/aromatic N) is 2. The van der Waals surface area contributed by atoms with E-state index >= 15 is 0 Å². The molecule has 2 heterocycles. The molecule has 26 heavy (non-hydrogen) atoms. The first kappa shape index (κ1) is 18.5. The summed E-state index contributed by atoms with van der Waals surface area (Å²) in [6.07, 6.45) is -4.69. The van der Waals surface area contributed by atoms with Gasteiger partial charge in [0.1, 0.15) is 17.0 Å². The van der Waals surface area contributed by atoms with Crippen LogP contribution in [0.3, 0.4) is 0 Å². The number of carbonyl (C=O) groups is 1. The number of benzene rings is 1. The van der Waals surface area contributed by atoms with Gasteiger partial charge in [-0.15, -0.1) is 11.3 Å². The molecule has 7 heteroatoms. The van der Waals surface area contributed by atoms with Crippen LogP contribution in [0.25, 0.3) is 11.1 Å². The van der Waals surface area contributed by atoms with Gasteiger partial charge in [-0.25, -0.2) is 0 Å². The zero-order valence-electron chi connectivity index (χ0n) is 14.5. The van der Waals surface area contributed by atoms with Gasteiger partial charge in [-0.05, 0) is 52.1 Å². The van der Waals surface area contributed by atoms with Crippen molar-refractivity contribution in [1.29, 1.82) is 5.26 Å². The zero-order chi connectivity index (χ0) is 19.3. The standard InChI is InChI=1S/C19H17F3N2OS/c1-11(25)24-16-5-4-12(13-6-14(9-23)26-10-13)7-15(16)18(2,3)8-17(24)19(20,21)22/h4-7,10,17H,8H2,1-3H3. The molecule has 1 unspecified atom stereocenters. The first-order valence-corrected chi connectivity index (χ1v) is 8.92. The lowest BCUT2D eigenvalue weighted by Gasteiger charge is -2.45. The molecular weight excluding hydrogens is 361 g/mol. The Morgan fingerprint density at radius 1 is 1.31 bits per heavy atom. The lowest BCUT2D eigenvalue weighted by Crippen LogP contribution is -2.54. The molecule has 1 aromatic carbocycles. The van der Waals surface area contributed by atoms with Crippen LogP contribution in [-0.2, 0) is 10.2 Å². The van der Waals surface area contributed by atoms with Gasteiger partial charge in [-0.3, -0.25) is 4.79 Å². The maximum atomic E-state index is 13.6. The number of anilines is 1. The van der Waals surface area contributed by atoms with Crippen molar-refractivity contribution >= 4 is 22.9 Å². The highest BCUT2D eigenvalue weighted by Gasteiger charge is 2.51. The summed E-state index contributed by atoms with van der Waals surface area (Å²) >= 11 is 1.32. The van der Waals surface area contributed by atoms with E-state index in [9.17, 15) is 18.0 Å². The van der Waals surface area contributed by atoms with Crippen molar-refractivity contribution < 1.29 is 18.0 Å². The predicted molar refractivity (Wildman–Crippen MR) is 95.1 cm³/mol. The van der Waals surface area contributed by atoms with E-state index in [0.717, 1.165) is 23.0 Å². The second-order valence-corrected chi connectivity index (χ2v) is 7.99. The van der Waals surface area contributed by atoms with Crippen molar-refractivity contribution in [3.05, 3.63) is 40.1 Å². The number of fused-ring (bicyclic) bond motifs is 1. The Labute approximate surface area is 153 Å². The van der Waals surface area contributed by atoms with Crippen molar-refractivity contribution in [2.75, 3.05) is 4.90 Å². The smallest absolute Gasteiger partial charge is 0.300 e. The lowest BCUT2D eigenvalue weighted by molar-refractivity contribution is -0.158. The number of nitriles is 1. The second-order valence-electron chi connectivity index (χ2n) is 7.08. The highest BCUT2D eigenvalue weighted by Crippen LogP contribution is 2.48. The molecule has 0 saturated heterocycles. The van der Waals surface area contributed by atoms with E-state index in [0.29, 0.717) is 16.1 Å². The number of hydrogen-bond donors (Lipinski definition) is 0. The summed E-state index contributed by atoms with van der Waals surface area (Å²) in [5.41, 5.74) is 1.93. The number of carbonyl (C=O) groups excluding carboxylic acids is 1. The van der Waals surface area contributed by atoms with E-state index in [1.165, 1.54) is 11.3 Å². The summed E-state index contributed by atoms with van der Waals surface area (Å²) in [6, 6.07) is 7.11. The van der Waals surface area contributed by atoms with Gasteiger partial charge in [-0.1, -0.05) is 19.9 Å². The molecule has 0 fully saturated rings. The Hall–Kier alpha value is -2.33. The van der Waals surface area contributed by atoms with Crippen molar-refractivity contribution in [3.63, 3.8) is 0 Å². The molecule has 136 valence electrons. The SMILES string of the molecule is CC(=O)N1c2ccc(-c3csc(C#N)c3)cc2C(C)(C)CC1C(F)(F)F. The fraction of sp³-hybridized carbons (Fsp3) is 0.368. The van der Waals surface area contributed by atoms with Crippen LogP contribution in [0.1, 0.15) is 37.6 Å². The maximum Gasteiger partial charge on any atom is 0.409 e. The summed E-state index contributed by atoms with van der Waals surface area (Å²) in [6.45, 7) is 4.69. The van der Waals surface area contributed by atoms with E-state index < -0.39 is 23.5 Å². The fourth-order valence-electron chi connectivity index (χ4n) is 3.52. The third-order valence-electron chi connectivity index (χ3n) is 4.76. The molecule has 0 aliphatic carbocycles. The van der Waals surface area contributed by atoms with Gasteiger partial charge in [0.05, 0.1) is 0 Å². The molecule has 3 nitrogen and oxygen atoms in total. The van der Waals surface area contributed by atoms with E-state index in [1.807, 2.05) is 11.4 Å². The number of rotatable bonds is 1. The zero-order valence-corrected chi connectivity index (χ0v) is 15.3. The molecule has 0 N–H and O–H groups in total. The lowest BCUT2D eigenvalue weighted by atomic mass is 9.73. The Morgan fingerprint density at radius 2 is 2.00 bits per heavy atom. The fourth-order valence-corrected chi connectivity index (χ4v) is 4.22. The van der Waals surface area contributed by atoms with Crippen LogP contribution in [0, 0.1) is 11.3 Å². The van der Waals surface area contributed by atoms with E-state index in [4.69, 9.17) is 5.26 Å². The van der Waals surface area contributed by atoms with Gasteiger partial charge in [0.2, 0.25) is 5.91 Å². The third kappa shape index (κ3) is 3.10. The first-order valence-electron chi connectivity index (χ1n) is 8.04. The summed E-state index contributed by atoms with van der Waals surface area (Å²) < 4.78 is 40.7. The quantitative estimate of drug-likeness (QED) is 0.680. The molecule has 0 bridgehead atoms. The summed E-state index contributed by atoms with van der Waals surface area (Å²) in [5.74, 6) is -0.626. The molecule has 0 saturated carbocycles.